The summed E-state index contributed by atoms with van der Waals surface area (Å²) in [5.74, 6) is 1.60. The van der Waals surface area contributed by atoms with Crippen LogP contribution < -0.4 is 14.8 Å². The Morgan fingerprint density at radius 1 is 1.19 bits per heavy atom. The molecule has 1 atom stereocenters. The van der Waals surface area contributed by atoms with Crippen molar-refractivity contribution >= 4 is 39.2 Å². The fourth-order valence-corrected chi connectivity index (χ4v) is 5.56. The van der Waals surface area contributed by atoms with E-state index in [1.165, 1.54) is 19.3 Å². The average Bonchev–Trinajstić information content (AvgIpc) is 3.17. The van der Waals surface area contributed by atoms with Crippen LogP contribution in [0.4, 0.5) is 5.69 Å². The van der Waals surface area contributed by atoms with Gasteiger partial charge < -0.3 is 19.5 Å². The minimum atomic E-state index is -0.384. The molecule has 1 aromatic rings. The maximum atomic E-state index is 11.9. The van der Waals surface area contributed by atoms with Crippen molar-refractivity contribution in [1.82, 2.24) is 0 Å². The van der Waals surface area contributed by atoms with E-state index in [9.17, 15) is 9.59 Å². The molecule has 0 radical (unpaired) electrons. The van der Waals surface area contributed by atoms with Crippen molar-refractivity contribution in [3.05, 3.63) is 18.2 Å². The maximum Gasteiger partial charge on any atom is 0.306 e. The standard InChI is InChI=1S/C18H25NO5S2/c1-22-15-8-7-13(11-16(15)23-2)19-17(20)12-24-18(21)6-4-3-5-14-9-10-25-26-14/h7-8,11,14H,3-6,9-10,12H2,1-2H3,(H,19,20)/t14-/m0/s1. The number of anilines is 1. The monoisotopic (exact) mass is 399 g/mol. The molecule has 2 rings (SSSR count). The Kier molecular flexibility index (Phi) is 8.97. The molecule has 6 nitrogen and oxygen atoms in total. The molecule has 0 spiro atoms. The number of hydrogen-bond donors (Lipinski definition) is 1. The molecule has 1 amide bonds. The van der Waals surface area contributed by atoms with Crippen LogP contribution in [0.5, 0.6) is 11.5 Å². The van der Waals surface area contributed by atoms with Crippen LogP contribution in [-0.4, -0.2) is 43.7 Å². The van der Waals surface area contributed by atoms with Crippen LogP contribution in [0.3, 0.4) is 0 Å². The summed E-state index contributed by atoms with van der Waals surface area (Å²) in [6.45, 7) is -0.289. The average molecular weight is 400 g/mol. The second-order valence-electron chi connectivity index (χ2n) is 5.85. The van der Waals surface area contributed by atoms with E-state index in [0.29, 0.717) is 23.6 Å². The molecule has 1 aliphatic rings. The number of hydrogen-bond acceptors (Lipinski definition) is 7. The summed E-state index contributed by atoms with van der Waals surface area (Å²) in [4.78, 5) is 23.6. The van der Waals surface area contributed by atoms with Gasteiger partial charge >= 0.3 is 5.97 Å². The molecule has 0 aliphatic carbocycles. The molecule has 0 bridgehead atoms. The van der Waals surface area contributed by atoms with E-state index < -0.39 is 0 Å². The summed E-state index contributed by atoms with van der Waals surface area (Å²) in [5.41, 5.74) is 0.552. The molecule has 144 valence electrons. The van der Waals surface area contributed by atoms with Gasteiger partial charge in [0, 0.05) is 29.2 Å². The van der Waals surface area contributed by atoms with Crippen LogP contribution >= 0.6 is 21.6 Å². The number of esters is 1. The number of rotatable bonds is 10. The van der Waals surface area contributed by atoms with Crippen LogP contribution in [0.15, 0.2) is 18.2 Å². The Morgan fingerprint density at radius 2 is 2.00 bits per heavy atom. The van der Waals surface area contributed by atoms with E-state index in [0.717, 1.165) is 24.5 Å². The molecule has 0 unspecified atom stereocenters. The molecule has 1 saturated heterocycles. The van der Waals surface area contributed by atoms with Crippen molar-refractivity contribution < 1.29 is 23.8 Å². The number of methoxy groups -OCH3 is 2. The van der Waals surface area contributed by atoms with Crippen LogP contribution in [0.1, 0.15) is 32.1 Å². The lowest BCUT2D eigenvalue weighted by Gasteiger charge is -2.11. The van der Waals surface area contributed by atoms with Gasteiger partial charge in [0.2, 0.25) is 0 Å². The largest absolute Gasteiger partial charge is 0.493 e. The number of unbranched alkanes of at least 4 members (excludes halogenated alkanes) is 1. The van der Waals surface area contributed by atoms with Crippen molar-refractivity contribution in [2.24, 2.45) is 0 Å². The number of benzene rings is 1. The highest BCUT2D eigenvalue weighted by Crippen LogP contribution is 2.39. The van der Waals surface area contributed by atoms with Crippen molar-refractivity contribution in [3.8, 4) is 11.5 Å². The third-order valence-electron chi connectivity index (χ3n) is 3.92. The zero-order valence-electron chi connectivity index (χ0n) is 15.1. The number of nitrogens with one attached hydrogen (secondary N) is 1. The van der Waals surface area contributed by atoms with Crippen molar-refractivity contribution in [3.63, 3.8) is 0 Å². The van der Waals surface area contributed by atoms with Crippen molar-refractivity contribution in [2.75, 3.05) is 31.9 Å². The predicted octanol–water partition coefficient (Wildman–Crippen LogP) is 3.90. The van der Waals surface area contributed by atoms with E-state index >= 15 is 0 Å². The molecular formula is C18H25NO5S2. The smallest absolute Gasteiger partial charge is 0.306 e. The van der Waals surface area contributed by atoms with E-state index in [2.05, 4.69) is 5.32 Å². The lowest BCUT2D eigenvalue weighted by atomic mass is 10.1. The van der Waals surface area contributed by atoms with Gasteiger partial charge in [-0.05, 0) is 31.4 Å². The first-order valence-electron chi connectivity index (χ1n) is 8.58. The van der Waals surface area contributed by atoms with Gasteiger partial charge in [-0.2, -0.15) is 0 Å². The van der Waals surface area contributed by atoms with Gasteiger partial charge in [-0.3, -0.25) is 9.59 Å². The highest BCUT2D eigenvalue weighted by Gasteiger charge is 2.16. The van der Waals surface area contributed by atoms with Gasteiger partial charge in [0.1, 0.15) is 0 Å². The molecule has 1 fully saturated rings. The van der Waals surface area contributed by atoms with Crippen LogP contribution in [-0.2, 0) is 14.3 Å². The Bertz CT molecular complexity index is 605. The third kappa shape index (κ3) is 6.99. The third-order valence-corrected chi connectivity index (χ3v) is 6.92. The summed E-state index contributed by atoms with van der Waals surface area (Å²) in [6.07, 6.45) is 4.58. The van der Waals surface area contributed by atoms with E-state index in [1.807, 2.05) is 21.6 Å². The summed E-state index contributed by atoms with van der Waals surface area (Å²) in [6, 6.07) is 5.04. The van der Waals surface area contributed by atoms with Gasteiger partial charge in [0.05, 0.1) is 14.2 Å². The quantitative estimate of drug-likeness (QED) is 0.363. The lowest BCUT2D eigenvalue weighted by molar-refractivity contribution is -0.147. The fourth-order valence-electron chi connectivity index (χ4n) is 2.54. The minimum absolute atomic E-state index is 0.289. The predicted molar refractivity (Wildman–Crippen MR) is 106 cm³/mol. The summed E-state index contributed by atoms with van der Waals surface area (Å²) in [7, 11) is 6.95. The highest BCUT2D eigenvalue weighted by molar-refractivity contribution is 8.77. The number of ether oxygens (including phenoxy) is 3. The first kappa shape index (κ1) is 20.8. The highest BCUT2D eigenvalue weighted by atomic mass is 33.1. The Labute approximate surface area is 162 Å². The van der Waals surface area contributed by atoms with Crippen molar-refractivity contribution in [1.29, 1.82) is 0 Å². The van der Waals surface area contributed by atoms with Crippen LogP contribution in [0.25, 0.3) is 0 Å². The second-order valence-corrected chi connectivity index (χ2v) is 8.64. The van der Waals surface area contributed by atoms with Gasteiger partial charge in [0.15, 0.2) is 18.1 Å². The number of amides is 1. The number of carbonyl (C=O) groups excluding carboxylic acids is 2. The Morgan fingerprint density at radius 3 is 2.69 bits per heavy atom. The zero-order chi connectivity index (χ0) is 18.8. The van der Waals surface area contributed by atoms with Gasteiger partial charge in [0.25, 0.3) is 5.91 Å². The molecule has 8 heteroatoms. The van der Waals surface area contributed by atoms with Crippen LogP contribution in [0.2, 0.25) is 0 Å². The van der Waals surface area contributed by atoms with E-state index in [1.54, 1.807) is 25.3 Å². The molecule has 1 N–H and O–H groups in total. The Balaban J connectivity index is 1.63. The van der Waals surface area contributed by atoms with Crippen molar-refractivity contribution in [2.45, 2.75) is 37.4 Å². The number of carbonyl (C=O) groups is 2. The summed E-state index contributed by atoms with van der Waals surface area (Å²) >= 11 is 0. The molecular weight excluding hydrogens is 374 g/mol. The molecule has 26 heavy (non-hydrogen) atoms. The van der Waals surface area contributed by atoms with Crippen LogP contribution in [0, 0.1) is 0 Å². The summed E-state index contributed by atoms with van der Waals surface area (Å²) in [5, 5.41) is 3.40. The topological polar surface area (TPSA) is 73.9 Å². The SMILES string of the molecule is COc1ccc(NC(=O)COC(=O)CCCC[C@H]2CCSS2)cc1OC. The minimum Gasteiger partial charge on any atom is -0.493 e. The normalized spacial score (nSPS) is 16.2. The first-order chi connectivity index (χ1) is 12.6. The maximum absolute atomic E-state index is 11.9. The van der Waals surface area contributed by atoms with E-state index in [-0.39, 0.29) is 18.5 Å². The van der Waals surface area contributed by atoms with Gasteiger partial charge in [-0.25, -0.2) is 0 Å². The first-order valence-corrected chi connectivity index (χ1v) is 11.0. The molecule has 0 saturated carbocycles. The Hall–Kier alpha value is -1.54. The van der Waals surface area contributed by atoms with Gasteiger partial charge in [-0.1, -0.05) is 28.0 Å². The molecule has 0 aromatic heterocycles. The lowest BCUT2D eigenvalue weighted by Crippen LogP contribution is -2.20. The second kappa shape index (κ2) is 11.2. The summed E-state index contributed by atoms with van der Waals surface area (Å²) < 4.78 is 15.4. The molecule has 1 heterocycles. The molecule has 1 aliphatic heterocycles. The fraction of sp³-hybridized carbons (Fsp3) is 0.556. The van der Waals surface area contributed by atoms with E-state index in [4.69, 9.17) is 14.2 Å². The zero-order valence-corrected chi connectivity index (χ0v) is 16.7. The molecule has 1 aromatic carbocycles. The van der Waals surface area contributed by atoms with Gasteiger partial charge in [-0.15, -0.1) is 0 Å².